The third-order valence-corrected chi connectivity index (χ3v) is 6.82. The van der Waals surface area contributed by atoms with Crippen molar-refractivity contribution in [2.24, 2.45) is 0 Å². The van der Waals surface area contributed by atoms with Gasteiger partial charge in [0.1, 0.15) is 11.3 Å². The molecular formula is C23H26Cl2N2O2. The number of fused-ring (bicyclic) bond motifs is 1. The maximum Gasteiger partial charge on any atom is 0.163 e. The first-order chi connectivity index (χ1) is 14.0. The van der Waals surface area contributed by atoms with E-state index in [1.54, 1.807) is 19.2 Å². The number of rotatable bonds is 6. The van der Waals surface area contributed by atoms with E-state index in [4.69, 9.17) is 27.9 Å². The number of hydrogen-bond donors (Lipinski definition) is 1. The molecule has 1 fully saturated rings. The summed E-state index contributed by atoms with van der Waals surface area (Å²) < 4.78 is 5.49. The van der Waals surface area contributed by atoms with Crippen molar-refractivity contribution in [3.63, 3.8) is 0 Å². The number of nitrogens with one attached hydrogen (secondary N) is 1. The Labute approximate surface area is 182 Å². The lowest BCUT2D eigenvalue weighted by Gasteiger charge is -2.41. The van der Waals surface area contributed by atoms with E-state index >= 15 is 0 Å². The zero-order valence-electron chi connectivity index (χ0n) is 16.6. The highest BCUT2D eigenvalue weighted by Gasteiger charge is 2.44. The summed E-state index contributed by atoms with van der Waals surface area (Å²) >= 11 is 12.2. The van der Waals surface area contributed by atoms with Crippen molar-refractivity contribution in [1.82, 2.24) is 10.2 Å². The lowest BCUT2D eigenvalue weighted by molar-refractivity contribution is -0.126. The van der Waals surface area contributed by atoms with Gasteiger partial charge in [-0.15, -0.1) is 0 Å². The second kappa shape index (κ2) is 8.65. The minimum atomic E-state index is -0.751. The van der Waals surface area contributed by atoms with E-state index in [0.717, 1.165) is 42.9 Å². The second-order valence-corrected chi connectivity index (χ2v) is 8.75. The van der Waals surface area contributed by atoms with Crippen molar-refractivity contribution < 1.29 is 9.53 Å². The highest BCUT2D eigenvalue weighted by Crippen LogP contribution is 2.35. The van der Waals surface area contributed by atoms with Gasteiger partial charge in [0.15, 0.2) is 5.78 Å². The molecule has 154 valence electrons. The van der Waals surface area contributed by atoms with Gasteiger partial charge >= 0.3 is 0 Å². The van der Waals surface area contributed by atoms with Gasteiger partial charge in [0, 0.05) is 19.5 Å². The molecule has 2 heterocycles. The van der Waals surface area contributed by atoms with Gasteiger partial charge in [-0.25, -0.2) is 0 Å². The van der Waals surface area contributed by atoms with E-state index in [9.17, 15) is 4.79 Å². The summed E-state index contributed by atoms with van der Waals surface area (Å²) in [6, 6.07) is 11.5. The molecule has 29 heavy (non-hydrogen) atoms. The standard InChI is InChI=1S/C23H26Cl2N2O2/c1-29-18-6-5-17-8-9-26-23(19(17)14-18,15-27-10-2-3-11-27)22(28)13-16-4-7-20(24)21(25)12-16/h4-7,12,14,26H,2-3,8-11,13,15H2,1H3. The Kier molecular flexibility index (Phi) is 6.16. The predicted octanol–water partition coefficient (Wildman–Crippen LogP) is 4.25. The molecule has 0 aromatic heterocycles. The average Bonchev–Trinajstić information content (AvgIpc) is 3.23. The van der Waals surface area contributed by atoms with E-state index < -0.39 is 5.54 Å². The van der Waals surface area contributed by atoms with Crippen LogP contribution in [-0.4, -0.2) is 44.0 Å². The molecule has 2 aromatic rings. The van der Waals surface area contributed by atoms with Gasteiger partial charge in [-0.3, -0.25) is 10.1 Å². The minimum absolute atomic E-state index is 0.150. The van der Waals surface area contributed by atoms with Gasteiger partial charge in [-0.05, 0) is 73.3 Å². The van der Waals surface area contributed by atoms with Crippen molar-refractivity contribution in [2.75, 3.05) is 33.3 Å². The molecular weight excluding hydrogens is 407 g/mol. The SMILES string of the molecule is COc1ccc2c(c1)C(CN1CCCC1)(C(=O)Cc1ccc(Cl)c(Cl)c1)NCC2. The monoisotopic (exact) mass is 432 g/mol. The Morgan fingerprint density at radius 3 is 2.66 bits per heavy atom. The summed E-state index contributed by atoms with van der Waals surface area (Å²) in [4.78, 5) is 16.2. The molecule has 1 atom stereocenters. The maximum atomic E-state index is 13.8. The number of carbonyl (C=O) groups excluding carboxylic acids is 1. The molecule has 0 spiro atoms. The molecule has 0 bridgehead atoms. The van der Waals surface area contributed by atoms with Crippen LogP contribution in [0.2, 0.25) is 10.0 Å². The van der Waals surface area contributed by atoms with Crippen LogP contribution in [0.3, 0.4) is 0 Å². The minimum Gasteiger partial charge on any atom is -0.497 e. The molecule has 6 heteroatoms. The summed E-state index contributed by atoms with van der Waals surface area (Å²) in [6.07, 6.45) is 3.57. The fourth-order valence-corrected chi connectivity index (χ4v) is 4.86. The van der Waals surface area contributed by atoms with E-state index in [1.807, 2.05) is 18.2 Å². The van der Waals surface area contributed by atoms with Crippen molar-refractivity contribution in [1.29, 1.82) is 0 Å². The number of methoxy groups -OCH3 is 1. The maximum absolute atomic E-state index is 13.8. The van der Waals surface area contributed by atoms with Crippen LogP contribution in [0.25, 0.3) is 0 Å². The summed E-state index contributed by atoms with van der Waals surface area (Å²) in [7, 11) is 1.66. The van der Waals surface area contributed by atoms with Crippen molar-refractivity contribution >= 4 is 29.0 Å². The Balaban J connectivity index is 1.73. The van der Waals surface area contributed by atoms with E-state index in [2.05, 4.69) is 16.3 Å². The zero-order valence-corrected chi connectivity index (χ0v) is 18.2. The van der Waals surface area contributed by atoms with Gasteiger partial charge in [-0.2, -0.15) is 0 Å². The lowest BCUT2D eigenvalue weighted by atomic mass is 9.77. The van der Waals surface area contributed by atoms with Crippen molar-refractivity contribution in [2.45, 2.75) is 31.2 Å². The summed E-state index contributed by atoms with van der Waals surface area (Å²) in [5.41, 5.74) is 2.38. The molecule has 1 unspecified atom stereocenters. The Morgan fingerprint density at radius 2 is 1.93 bits per heavy atom. The third kappa shape index (κ3) is 4.17. The Morgan fingerprint density at radius 1 is 1.14 bits per heavy atom. The van der Waals surface area contributed by atoms with E-state index in [0.29, 0.717) is 23.0 Å². The van der Waals surface area contributed by atoms with E-state index in [1.165, 1.54) is 18.4 Å². The number of ether oxygens (including phenoxy) is 1. The smallest absolute Gasteiger partial charge is 0.163 e. The fraction of sp³-hybridized carbons (Fsp3) is 0.435. The van der Waals surface area contributed by atoms with Gasteiger partial charge < -0.3 is 9.64 Å². The summed E-state index contributed by atoms with van der Waals surface area (Å²) in [5, 5.41) is 4.58. The second-order valence-electron chi connectivity index (χ2n) is 7.94. The molecule has 1 saturated heterocycles. The van der Waals surface area contributed by atoms with Gasteiger partial charge in [0.25, 0.3) is 0 Å². The first-order valence-corrected chi connectivity index (χ1v) is 10.9. The number of carbonyl (C=O) groups is 1. The number of likely N-dealkylation sites (tertiary alicyclic amines) is 1. The topological polar surface area (TPSA) is 41.6 Å². The van der Waals surface area contributed by atoms with Gasteiger partial charge in [0.2, 0.25) is 0 Å². The molecule has 0 aliphatic carbocycles. The fourth-order valence-electron chi connectivity index (χ4n) is 4.54. The normalized spacial score (nSPS) is 21.8. The molecule has 2 aromatic carbocycles. The molecule has 0 amide bonds. The zero-order chi connectivity index (χ0) is 20.4. The predicted molar refractivity (Wildman–Crippen MR) is 117 cm³/mol. The van der Waals surface area contributed by atoms with Crippen LogP contribution >= 0.6 is 23.2 Å². The van der Waals surface area contributed by atoms with Crippen LogP contribution in [0.4, 0.5) is 0 Å². The molecule has 2 aliphatic rings. The first kappa shape index (κ1) is 20.7. The number of hydrogen-bond acceptors (Lipinski definition) is 4. The van der Waals surface area contributed by atoms with Gasteiger partial charge in [0.05, 0.1) is 17.2 Å². The highest BCUT2D eigenvalue weighted by atomic mass is 35.5. The first-order valence-electron chi connectivity index (χ1n) is 10.1. The number of ketones is 1. The van der Waals surface area contributed by atoms with Crippen molar-refractivity contribution in [3.8, 4) is 5.75 Å². The van der Waals surface area contributed by atoms with Crippen LogP contribution in [0, 0.1) is 0 Å². The molecule has 4 rings (SSSR count). The third-order valence-electron chi connectivity index (χ3n) is 6.08. The summed E-state index contributed by atoms with van der Waals surface area (Å²) in [5.74, 6) is 0.928. The van der Waals surface area contributed by atoms with Crippen LogP contribution in [0.1, 0.15) is 29.5 Å². The lowest BCUT2D eigenvalue weighted by Crippen LogP contribution is -2.59. The van der Waals surface area contributed by atoms with Crippen molar-refractivity contribution in [3.05, 3.63) is 63.1 Å². The number of benzene rings is 2. The Bertz CT molecular complexity index is 912. The largest absolute Gasteiger partial charge is 0.497 e. The van der Waals surface area contributed by atoms with Gasteiger partial charge in [-0.1, -0.05) is 35.3 Å². The molecule has 2 aliphatic heterocycles. The molecule has 0 saturated carbocycles. The van der Waals surface area contributed by atoms with Crippen LogP contribution in [0.15, 0.2) is 36.4 Å². The number of nitrogens with zero attached hydrogens (tertiary/aromatic N) is 1. The van der Waals surface area contributed by atoms with E-state index in [-0.39, 0.29) is 5.78 Å². The molecule has 1 N–H and O–H groups in total. The highest BCUT2D eigenvalue weighted by molar-refractivity contribution is 6.42. The van der Waals surface area contributed by atoms with Crippen LogP contribution in [0.5, 0.6) is 5.75 Å². The quantitative estimate of drug-likeness (QED) is 0.740. The summed E-state index contributed by atoms with van der Waals surface area (Å²) in [6.45, 7) is 3.51. The number of halogens is 2. The van der Waals surface area contributed by atoms with Crippen LogP contribution in [-0.2, 0) is 23.2 Å². The molecule has 4 nitrogen and oxygen atoms in total. The van der Waals surface area contributed by atoms with Crippen LogP contribution < -0.4 is 10.1 Å². The molecule has 0 radical (unpaired) electrons. The Hall–Kier alpha value is -1.59. The average molecular weight is 433 g/mol. The number of Topliss-reactive ketones (excluding diaryl/α,β-unsaturated/α-hetero) is 1.